The molecular formula is C27H42O3. The van der Waals surface area contributed by atoms with Crippen LogP contribution in [0.3, 0.4) is 0 Å². The zero-order valence-corrected chi connectivity index (χ0v) is 19.6. The van der Waals surface area contributed by atoms with Gasteiger partial charge in [-0.25, -0.2) is 0 Å². The Bertz CT molecular complexity index is 680. The maximum Gasteiger partial charge on any atom is 0.306 e. The van der Waals surface area contributed by atoms with Gasteiger partial charge in [0.1, 0.15) is 11.9 Å². The van der Waals surface area contributed by atoms with Crippen LogP contribution in [0.2, 0.25) is 0 Å². The smallest absolute Gasteiger partial charge is 0.306 e. The predicted octanol–water partition coefficient (Wildman–Crippen LogP) is 6.85. The summed E-state index contributed by atoms with van der Waals surface area (Å²) in [5, 5.41) is 0. The largest absolute Gasteiger partial charge is 0.490 e. The standard InChI is InChI=1S/C27H42O3/c1-7-12-19(4)15-25(28)29-18-27-14-11-10-13-22(27)16-21-17-24(30-20(5)8-2)26(27,6)23(21)9-3/h8,10,13,19,21-24H,2,5,7,9,11-12,14-18H2,1,3-4,6H3/t19-,21-,22?,23?,24?,26?,27-/m1/s1. The van der Waals surface area contributed by atoms with Crippen LogP contribution in [-0.4, -0.2) is 18.7 Å². The molecule has 0 aromatic carbocycles. The lowest BCUT2D eigenvalue weighted by Gasteiger charge is -2.59. The molecule has 168 valence electrons. The van der Waals surface area contributed by atoms with E-state index >= 15 is 0 Å². The molecule has 30 heavy (non-hydrogen) atoms. The molecule has 0 N–H and O–H groups in total. The van der Waals surface area contributed by atoms with Crippen molar-refractivity contribution in [3.05, 3.63) is 37.1 Å². The van der Waals surface area contributed by atoms with E-state index in [1.807, 2.05) is 0 Å². The van der Waals surface area contributed by atoms with Gasteiger partial charge in [0.05, 0.1) is 6.61 Å². The Hall–Kier alpha value is -1.51. The van der Waals surface area contributed by atoms with Crippen LogP contribution >= 0.6 is 0 Å². The number of carbonyl (C=O) groups is 1. The summed E-state index contributed by atoms with van der Waals surface area (Å²) in [4.78, 5) is 12.7. The van der Waals surface area contributed by atoms with Crippen LogP contribution in [-0.2, 0) is 14.3 Å². The van der Waals surface area contributed by atoms with Crippen LogP contribution < -0.4 is 0 Å². The second-order valence-electron chi connectivity index (χ2n) is 10.3. The zero-order chi connectivity index (χ0) is 21.9. The quantitative estimate of drug-likeness (QED) is 0.170. The van der Waals surface area contributed by atoms with E-state index in [1.54, 1.807) is 6.08 Å². The number of rotatable bonds is 10. The fourth-order valence-electron chi connectivity index (χ4n) is 7.27. The number of esters is 1. The minimum absolute atomic E-state index is 0.0385. The Kier molecular flexibility index (Phi) is 7.20. The fraction of sp³-hybridized carbons (Fsp3) is 0.741. The number of ether oxygens (including phenoxy) is 2. The van der Waals surface area contributed by atoms with Crippen LogP contribution in [0.1, 0.15) is 79.1 Å². The first-order chi connectivity index (χ1) is 14.3. The maximum absolute atomic E-state index is 12.7. The second-order valence-corrected chi connectivity index (χ2v) is 10.3. The highest BCUT2D eigenvalue weighted by molar-refractivity contribution is 5.69. The summed E-state index contributed by atoms with van der Waals surface area (Å²) in [7, 11) is 0. The number of allylic oxidation sites excluding steroid dienone is 3. The third-order valence-corrected chi connectivity index (χ3v) is 8.74. The molecule has 3 nitrogen and oxygen atoms in total. The average molecular weight is 415 g/mol. The Labute approximate surface area is 184 Å². The van der Waals surface area contributed by atoms with E-state index in [4.69, 9.17) is 9.47 Å². The summed E-state index contributed by atoms with van der Waals surface area (Å²) in [6.45, 7) is 17.5. The topological polar surface area (TPSA) is 35.5 Å². The molecule has 0 radical (unpaired) electrons. The van der Waals surface area contributed by atoms with E-state index < -0.39 is 0 Å². The minimum Gasteiger partial charge on any atom is -0.490 e. The van der Waals surface area contributed by atoms with Gasteiger partial charge in [-0.05, 0) is 55.4 Å². The molecule has 2 bridgehead atoms. The molecule has 3 aliphatic carbocycles. The van der Waals surface area contributed by atoms with Crippen molar-refractivity contribution in [2.24, 2.45) is 34.5 Å². The molecule has 3 aliphatic rings. The van der Waals surface area contributed by atoms with Crippen molar-refractivity contribution in [2.45, 2.75) is 85.2 Å². The first-order valence-electron chi connectivity index (χ1n) is 12.1. The molecule has 0 saturated heterocycles. The molecule has 3 rings (SSSR count). The Morgan fingerprint density at radius 3 is 2.77 bits per heavy atom. The molecule has 2 fully saturated rings. The molecule has 3 heteroatoms. The van der Waals surface area contributed by atoms with E-state index in [1.165, 1.54) is 6.42 Å². The van der Waals surface area contributed by atoms with Crippen molar-refractivity contribution >= 4 is 5.97 Å². The van der Waals surface area contributed by atoms with Gasteiger partial charge in [0.25, 0.3) is 0 Å². The molecule has 0 amide bonds. The summed E-state index contributed by atoms with van der Waals surface area (Å²) < 4.78 is 12.5. The van der Waals surface area contributed by atoms with Crippen molar-refractivity contribution in [3.63, 3.8) is 0 Å². The normalized spacial score (nSPS) is 37.9. The van der Waals surface area contributed by atoms with Gasteiger partial charge < -0.3 is 9.47 Å². The summed E-state index contributed by atoms with van der Waals surface area (Å²) in [6.07, 6.45) is 14.8. The van der Waals surface area contributed by atoms with Crippen molar-refractivity contribution < 1.29 is 14.3 Å². The fourth-order valence-corrected chi connectivity index (χ4v) is 7.27. The van der Waals surface area contributed by atoms with Crippen LogP contribution in [0.5, 0.6) is 0 Å². The first kappa shape index (κ1) is 23.2. The van der Waals surface area contributed by atoms with Crippen molar-refractivity contribution in [2.75, 3.05) is 6.61 Å². The Morgan fingerprint density at radius 2 is 2.10 bits per heavy atom. The minimum atomic E-state index is -0.0643. The van der Waals surface area contributed by atoms with Gasteiger partial charge in [-0.3, -0.25) is 4.79 Å². The number of hydrogen-bond donors (Lipinski definition) is 0. The van der Waals surface area contributed by atoms with Crippen LogP contribution in [0.15, 0.2) is 37.1 Å². The Morgan fingerprint density at radius 1 is 1.33 bits per heavy atom. The molecule has 0 heterocycles. The SMILES string of the molecule is C=CC(=C)OC1C[C@H]2CC3C=CCC[C@]3(COC(=O)C[C@H](C)CCC)C1(C)C2CC. The summed E-state index contributed by atoms with van der Waals surface area (Å²) >= 11 is 0. The number of hydrogen-bond acceptors (Lipinski definition) is 3. The van der Waals surface area contributed by atoms with Gasteiger partial charge in [-0.2, -0.15) is 0 Å². The molecule has 0 spiro atoms. The van der Waals surface area contributed by atoms with E-state index in [0.717, 1.165) is 38.5 Å². The van der Waals surface area contributed by atoms with E-state index in [0.29, 0.717) is 42.5 Å². The summed E-state index contributed by atoms with van der Waals surface area (Å²) in [5.74, 6) is 2.70. The van der Waals surface area contributed by atoms with Crippen LogP contribution in [0.25, 0.3) is 0 Å². The molecule has 2 saturated carbocycles. The number of fused-ring (bicyclic) bond motifs is 4. The average Bonchev–Trinajstić information content (AvgIpc) is 2.93. The highest BCUT2D eigenvalue weighted by atomic mass is 16.5. The third-order valence-electron chi connectivity index (χ3n) is 8.74. The second kappa shape index (κ2) is 9.32. The van der Waals surface area contributed by atoms with Crippen LogP contribution in [0.4, 0.5) is 0 Å². The Balaban J connectivity index is 1.89. The summed E-state index contributed by atoms with van der Waals surface area (Å²) in [5.41, 5.74) is -0.105. The third kappa shape index (κ3) is 3.89. The van der Waals surface area contributed by atoms with Crippen molar-refractivity contribution in [3.8, 4) is 0 Å². The lowest BCUT2D eigenvalue weighted by atomic mass is 9.46. The van der Waals surface area contributed by atoms with Gasteiger partial charge in [-0.1, -0.05) is 72.3 Å². The molecular weight excluding hydrogens is 372 g/mol. The van der Waals surface area contributed by atoms with Gasteiger partial charge >= 0.3 is 5.97 Å². The highest BCUT2D eigenvalue weighted by Gasteiger charge is 2.68. The highest BCUT2D eigenvalue weighted by Crippen LogP contribution is 2.70. The van der Waals surface area contributed by atoms with Crippen molar-refractivity contribution in [1.82, 2.24) is 0 Å². The lowest BCUT2D eigenvalue weighted by molar-refractivity contribution is -0.178. The lowest BCUT2D eigenvalue weighted by Crippen LogP contribution is -2.58. The molecule has 4 unspecified atom stereocenters. The van der Waals surface area contributed by atoms with Gasteiger partial charge in [0.2, 0.25) is 0 Å². The summed E-state index contributed by atoms with van der Waals surface area (Å²) in [6, 6.07) is 0. The molecule has 7 atom stereocenters. The van der Waals surface area contributed by atoms with Crippen molar-refractivity contribution in [1.29, 1.82) is 0 Å². The predicted molar refractivity (Wildman–Crippen MR) is 123 cm³/mol. The van der Waals surface area contributed by atoms with Gasteiger partial charge in [0, 0.05) is 17.3 Å². The maximum atomic E-state index is 12.7. The first-order valence-corrected chi connectivity index (χ1v) is 12.1. The zero-order valence-electron chi connectivity index (χ0n) is 19.6. The van der Waals surface area contributed by atoms with E-state index in [2.05, 4.69) is 53.0 Å². The number of carbonyl (C=O) groups excluding carboxylic acids is 1. The van der Waals surface area contributed by atoms with E-state index in [9.17, 15) is 4.79 Å². The molecule has 0 aromatic rings. The van der Waals surface area contributed by atoms with E-state index in [-0.39, 0.29) is 22.9 Å². The molecule has 0 aliphatic heterocycles. The van der Waals surface area contributed by atoms with Gasteiger partial charge in [0.15, 0.2) is 0 Å². The van der Waals surface area contributed by atoms with Gasteiger partial charge in [-0.15, -0.1) is 0 Å². The molecule has 0 aromatic heterocycles. The van der Waals surface area contributed by atoms with Crippen LogP contribution in [0, 0.1) is 34.5 Å². The monoisotopic (exact) mass is 414 g/mol.